The van der Waals surface area contributed by atoms with Crippen molar-refractivity contribution >= 4 is 11.6 Å². The van der Waals surface area contributed by atoms with Crippen molar-refractivity contribution in [3.63, 3.8) is 0 Å². The molecule has 0 fully saturated rings. The Kier molecular flexibility index (Phi) is 4.50. The molecule has 1 aromatic carbocycles. The molecule has 0 radical (unpaired) electrons. The van der Waals surface area contributed by atoms with Crippen LogP contribution in [0.25, 0.3) is 0 Å². The number of methoxy groups -OCH3 is 1. The quantitative estimate of drug-likeness (QED) is 0.837. The number of carbonyl (C=O) groups is 1. The summed E-state index contributed by atoms with van der Waals surface area (Å²) in [7, 11) is 1.57. The molecule has 0 spiro atoms. The lowest BCUT2D eigenvalue weighted by atomic mass is 9.83. The Bertz CT molecular complexity index is 665. The molecule has 1 aliphatic carbocycles. The van der Waals surface area contributed by atoms with Crippen molar-refractivity contribution in [2.75, 3.05) is 19.0 Å². The van der Waals surface area contributed by atoms with Crippen LogP contribution in [0.5, 0.6) is 0 Å². The minimum absolute atomic E-state index is 0.0272. The zero-order valence-corrected chi connectivity index (χ0v) is 13.3. The molecule has 0 saturated heterocycles. The number of hydrogen-bond donors (Lipinski definition) is 2. The monoisotopic (exact) mass is 315 g/mol. The molecule has 1 aliphatic heterocycles. The number of rotatable bonds is 4. The number of aliphatic hydroxyl groups is 1. The standard InChI is InChI=1S/C18H21NO4/c1-11-4-3-5-13(8-11)19-17(21)15-10-23-18(22-2)16-12(9-20)6-7-14(15)16/h3-6,8,10,14,16,18,20H,7,9H2,1-2H3,(H,19,21). The third-order valence-corrected chi connectivity index (χ3v) is 4.47. The Labute approximate surface area is 135 Å². The second-order valence-electron chi connectivity index (χ2n) is 5.94. The normalized spacial score (nSPS) is 26.0. The number of nitrogens with one attached hydrogen (secondary N) is 1. The van der Waals surface area contributed by atoms with E-state index in [1.54, 1.807) is 7.11 Å². The van der Waals surface area contributed by atoms with Gasteiger partial charge in [0.2, 0.25) is 6.29 Å². The molecule has 122 valence electrons. The van der Waals surface area contributed by atoms with Gasteiger partial charge in [-0.1, -0.05) is 18.2 Å². The average Bonchev–Trinajstić information content (AvgIpc) is 2.98. The largest absolute Gasteiger partial charge is 0.471 e. The Morgan fingerprint density at radius 1 is 1.48 bits per heavy atom. The Morgan fingerprint density at radius 2 is 2.30 bits per heavy atom. The molecule has 1 amide bonds. The Morgan fingerprint density at radius 3 is 3.00 bits per heavy atom. The van der Waals surface area contributed by atoms with E-state index in [2.05, 4.69) is 5.32 Å². The fourth-order valence-electron chi connectivity index (χ4n) is 3.34. The molecule has 3 unspecified atom stereocenters. The van der Waals surface area contributed by atoms with Gasteiger partial charge in [-0.25, -0.2) is 0 Å². The lowest BCUT2D eigenvalue weighted by molar-refractivity contribution is -0.134. The summed E-state index contributed by atoms with van der Waals surface area (Å²) in [5.74, 6) is -0.318. The summed E-state index contributed by atoms with van der Waals surface area (Å²) in [6.45, 7) is 1.93. The number of allylic oxidation sites excluding steroid dienone is 1. The van der Waals surface area contributed by atoms with Gasteiger partial charge in [-0.2, -0.15) is 0 Å². The number of aliphatic hydroxyl groups excluding tert-OH is 1. The van der Waals surface area contributed by atoms with Crippen LogP contribution in [-0.4, -0.2) is 31.0 Å². The number of fused-ring (bicyclic) bond motifs is 1. The number of ether oxygens (including phenoxy) is 2. The molecule has 2 aliphatic rings. The highest BCUT2D eigenvalue weighted by atomic mass is 16.7. The first kappa shape index (κ1) is 15.8. The van der Waals surface area contributed by atoms with Crippen LogP contribution in [0.2, 0.25) is 0 Å². The van der Waals surface area contributed by atoms with Crippen molar-refractivity contribution < 1.29 is 19.4 Å². The first-order chi connectivity index (χ1) is 11.1. The molecular weight excluding hydrogens is 294 g/mol. The number of hydrogen-bond acceptors (Lipinski definition) is 4. The number of anilines is 1. The molecule has 1 aromatic rings. The first-order valence-electron chi connectivity index (χ1n) is 7.70. The van der Waals surface area contributed by atoms with Crippen molar-refractivity contribution in [1.29, 1.82) is 0 Å². The Hall–Kier alpha value is -2.11. The highest BCUT2D eigenvalue weighted by Crippen LogP contribution is 2.43. The van der Waals surface area contributed by atoms with Gasteiger partial charge in [0.05, 0.1) is 24.4 Å². The maximum Gasteiger partial charge on any atom is 0.255 e. The summed E-state index contributed by atoms with van der Waals surface area (Å²) < 4.78 is 10.9. The minimum atomic E-state index is -0.462. The van der Waals surface area contributed by atoms with Crippen molar-refractivity contribution in [1.82, 2.24) is 0 Å². The van der Waals surface area contributed by atoms with Gasteiger partial charge in [0.25, 0.3) is 5.91 Å². The maximum atomic E-state index is 12.6. The minimum Gasteiger partial charge on any atom is -0.471 e. The number of benzene rings is 1. The van der Waals surface area contributed by atoms with Crippen molar-refractivity contribution in [3.8, 4) is 0 Å². The fourth-order valence-corrected chi connectivity index (χ4v) is 3.34. The summed E-state index contributed by atoms with van der Waals surface area (Å²) in [5, 5.41) is 12.4. The topological polar surface area (TPSA) is 67.8 Å². The Balaban J connectivity index is 1.80. The van der Waals surface area contributed by atoms with E-state index in [1.807, 2.05) is 37.3 Å². The van der Waals surface area contributed by atoms with Gasteiger partial charge < -0.3 is 19.9 Å². The van der Waals surface area contributed by atoms with Crippen molar-refractivity contribution in [3.05, 3.63) is 53.3 Å². The molecule has 0 bridgehead atoms. The smallest absolute Gasteiger partial charge is 0.255 e. The molecule has 5 nitrogen and oxygen atoms in total. The highest BCUT2D eigenvalue weighted by Gasteiger charge is 2.43. The zero-order chi connectivity index (χ0) is 16.4. The van der Waals surface area contributed by atoms with E-state index >= 15 is 0 Å². The molecule has 3 atom stereocenters. The first-order valence-corrected chi connectivity index (χ1v) is 7.70. The van der Waals surface area contributed by atoms with Gasteiger partial charge in [-0.05, 0) is 36.6 Å². The van der Waals surface area contributed by atoms with Gasteiger partial charge in [0.15, 0.2) is 0 Å². The summed E-state index contributed by atoms with van der Waals surface area (Å²) in [4.78, 5) is 12.6. The molecule has 23 heavy (non-hydrogen) atoms. The van der Waals surface area contributed by atoms with Crippen LogP contribution in [0.1, 0.15) is 12.0 Å². The third kappa shape index (κ3) is 3.02. The molecule has 5 heteroatoms. The molecule has 1 heterocycles. The van der Waals surface area contributed by atoms with Crippen LogP contribution in [0, 0.1) is 18.8 Å². The van der Waals surface area contributed by atoms with Crippen LogP contribution in [0.3, 0.4) is 0 Å². The highest BCUT2D eigenvalue weighted by molar-refractivity contribution is 6.04. The van der Waals surface area contributed by atoms with Crippen LogP contribution in [0.4, 0.5) is 5.69 Å². The van der Waals surface area contributed by atoms with Crippen LogP contribution in [0.15, 0.2) is 47.7 Å². The maximum absolute atomic E-state index is 12.6. The molecule has 3 rings (SSSR count). The van der Waals surface area contributed by atoms with Gasteiger partial charge >= 0.3 is 0 Å². The van der Waals surface area contributed by atoms with Crippen LogP contribution in [-0.2, 0) is 14.3 Å². The second kappa shape index (κ2) is 6.56. The molecule has 0 saturated carbocycles. The molecule has 2 N–H and O–H groups in total. The van der Waals surface area contributed by atoms with E-state index in [9.17, 15) is 9.90 Å². The van der Waals surface area contributed by atoms with Gasteiger partial charge in [0, 0.05) is 18.7 Å². The second-order valence-corrected chi connectivity index (χ2v) is 5.94. The van der Waals surface area contributed by atoms with Crippen molar-refractivity contribution in [2.45, 2.75) is 19.6 Å². The van der Waals surface area contributed by atoms with E-state index in [-0.39, 0.29) is 24.3 Å². The molecular formula is C18H21NO4. The van der Waals surface area contributed by atoms with E-state index in [1.165, 1.54) is 6.26 Å². The van der Waals surface area contributed by atoms with E-state index < -0.39 is 6.29 Å². The van der Waals surface area contributed by atoms with Gasteiger partial charge in [-0.3, -0.25) is 4.79 Å². The van der Waals surface area contributed by atoms with Gasteiger partial charge in [0.1, 0.15) is 0 Å². The summed E-state index contributed by atoms with van der Waals surface area (Å²) >= 11 is 0. The third-order valence-electron chi connectivity index (χ3n) is 4.47. The number of carbonyl (C=O) groups excluding carboxylic acids is 1. The predicted molar refractivity (Wildman–Crippen MR) is 86.5 cm³/mol. The lowest BCUT2D eigenvalue weighted by Gasteiger charge is -2.34. The summed E-state index contributed by atoms with van der Waals surface area (Å²) in [6, 6.07) is 7.66. The van der Waals surface area contributed by atoms with Crippen LogP contribution < -0.4 is 5.32 Å². The summed E-state index contributed by atoms with van der Waals surface area (Å²) in [6.07, 6.45) is 3.71. The van der Waals surface area contributed by atoms with E-state index in [0.29, 0.717) is 12.0 Å². The lowest BCUT2D eigenvalue weighted by Crippen LogP contribution is -2.37. The van der Waals surface area contributed by atoms with Crippen LogP contribution >= 0.6 is 0 Å². The SMILES string of the molecule is COC1OC=C(C(=O)Nc2cccc(C)c2)C2CC=C(CO)C12. The van der Waals surface area contributed by atoms with Gasteiger partial charge in [-0.15, -0.1) is 0 Å². The average molecular weight is 315 g/mol. The van der Waals surface area contributed by atoms with E-state index in [4.69, 9.17) is 9.47 Å². The predicted octanol–water partition coefficient (Wildman–Crippen LogP) is 2.37. The van der Waals surface area contributed by atoms with Crippen molar-refractivity contribution in [2.24, 2.45) is 11.8 Å². The summed E-state index contributed by atoms with van der Waals surface area (Å²) in [5.41, 5.74) is 3.30. The zero-order valence-electron chi connectivity index (χ0n) is 13.3. The fraction of sp³-hybridized carbons (Fsp3) is 0.389. The number of amides is 1. The number of aryl methyl sites for hydroxylation is 1. The van der Waals surface area contributed by atoms with E-state index in [0.717, 1.165) is 16.8 Å². The molecule has 0 aromatic heterocycles.